The van der Waals surface area contributed by atoms with Gasteiger partial charge in [0.25, 0.3) is 0 Å². The number of rotatable bonds is 8. The summed E-state index contributed by atoms with van der Waals surface area (Å²) in [6.45, 7) is 0. The first kappa shape index (κ1) is 26.7. The molecule has 0 radical (unpaired) electrons. The maximum atomic E-state index is 2.37. The predicted molar refractivity (Wildman–Crippen MR) is 173 cm³/mol. The third-order valence-electron chi connectivity index (χ3n) is 8.40. The molecule has 7 rings (SSSR count). The smallest absolute Gasteiger partial charge is 0.112 e. The Balaban J connectivity index is 0.00000289. The Kier molecular flexibility index (Phi) is 7.70. The molecule has 0 unspecified atom stereocenters. The fourth-order valence-electron chi connectivity index (χ4n) is 6.56. The zero-order chi connectivity index (χ0) is 26.1. The third-order valence-corrected chi connectivity index (χ3v) is 12.9. The summed E-state index contributed by atoms with van der Waals surface area (Å²) >= 11 is 0. The van der Waals surface area contributed by atoms with Gasteiger partial charge < -0.3 is 17.0 Å². The molecule has 0 aromatic heterocycles. The van der Waals surface area contributed by atoms with Crippen LogP contribution < -0.4 is 32.9 Å². The summed E-state index contributed by atoms with van der Waals surface area (Å²) in [4.78, 5) is 0. The lowest BCUT2D eigenvalue weighted by molar-refractivity contribution is -0.00000733. The van der Waals surface area contributed by atoms with Crippen LogP contribution in [0.5, 0.6) is 0 Å². The van der Waals surface area contributed by atoms with E-state index in [1.54, 1.807) is 0 Å². The second kappa shape index (κ2) is 11.5. The molecule has 7 aromatic carbocycles. The maximum absolute atomic E-state index is 2.37. The number of benzene rings is 7. The Morgan fingerprint density at radius 3 is 1.43 bits per heavy atom. The quantitative estimate of drug-likeness (QED) is 0.116. The molecule has 0 amide bonds. The molecule has 0 bridgehead atoms. The number of halogens is 1. The highest BCUT2D eigenvalue weighted by atomic mass is 79.9. The van der Waals surface area contributed by atoms with Crippen molar-refractivity contribution in [2.24, 2.45) is 0 Å². The lowest BCUT2D eigenvalue weighted by Crippen LogP contribution is -3.00. The minimum atomic E-state index is -1.77. The van der Waals surface area contributed by atoms with Gasteiger partial charge in [0, 0.05) is 0 Å². The summed E-state index contributed by atoms with van der Waals surface area (Å²) in [7, 11) is -1.77. The van der Waals surface area contributed by atoms with Gasteiger partial charge in [0.15, 0.2) is 0 Å². The molecule has 0 N–H and O–H groups in total. The second-order valence-corrected chi connectivity index (χ2v) is 14.2. The molecule has 0 saturated heterocycles. The lowest BCUT2D eigenvalue weighted by Gasteiger charge is -2.27. The van der Waals surface area contributed by atoms with Crippen molar-refractivity contribution in [3.63, 3.8) is 0 Å². The van der Waals surface area contributed by atoms with Crippen LogP contribution >= 0.6 is 7.26 Å². The summed E-state index contributed by atoms with van der Waals surface area (Å²) in [5.41, 5.74) is 1.48. The van der Waals surface area contributed by atoms with Crippen molar-refractivity contribution in [2.45, 2.75) is 19.3 Å². The van der Waals surface area contributed by atoms with Crippen LogP contribution in [-0.2, 0) is 6.42 Å². The lowest BCUT2D eigenvalue weighted by atomic mass is 9.91. The van der Waals surface area contributed by atoms with Gasteiger partial charge in [0.1, 0.15) is 23.2 Å². The van der Waals surface area contributed by atoms with Gasteiger partial charge in [-0.1, -0.05) is 109 Å². The molecule has 0 spiro atoms. The zero-order valence-corrected chi connectivity index (χ0v) is 25.0. The zero-order valence-electron chi connectivity index (χ0n) is 22.5. The van der Waals surface area contributed by atoms with Gasteiger partial charge in [-0.15, -0.1) is 0 Å². The van der Waals surface area contributed by atoms with Crippen LogP contribution in [-0.4, -0.2) is 6.16 Å². The SMILES string of the molecule is [Br-].c1ccc([P+](CCCCc2ccc3ccc4cccc5ccc2c3c45)(c2ccccc2)c2ccccc2)cc1. The van der Waals surface area contributed by atoms with E-state index in [0.29, 0.717) is 0 Å². The van der Waals surface area contributed by atoms with Gasteiger partial charge in [-0.05, 0) is 93.5 Å². The van der Waals surface area contributed by atoms with Crippen LogP contribution in [0.1, 0.15) is 18.4 Å². The monoisotopic (exact) mass is 598 g/mol. The average Bonchev–Trinajstić information content (AvgIpc) is 3.02. The van der Waals surface area contributed by atoms with Crippen LogP contribution in [0.25, 0.3) is 32.3 Å². The molecule has 0 aliphatic heterocycles. The van der Waals surface area contributed by atoms with Crippen molar-refractivity contribution < 1.29 is 17.0 Å². The molecular formula is C38H32BrP. The van der Waals surface area contributed by atoms with E-state index in [1.807, 2.05) is 0 Å². The van der Waals surface area contributed by atoms with Gasteiger partial charge in [-0.3, -0.25) is 0 Å². The second-order valence-electron chi connectivity index (χ2n) is 10.6. The normalized spacial score (nSPS) is 11.7. The van der Waals surface area contributed by atoms with Crippen LogP contribution in [0.3, 0.4) is 0 Å². The fourth-order valence-corrected chi connectivity index (χ4v) is 11.0. The Hall–Kier alpha value is -3.51. The van der Waals surface area contributed by atoms with Crippen molar-refractivity contribution in [2.75, 3.05) is 6.16 Å². The summed E-state index contributed by atoms with van der Waals surface area (Å²) in [5, 5.41) is 12.7. The minimum Gasteiger partial charge on any atom is -1.00 e. The Labute approximate surface area is 248 Å². The number of hydrogen-bond acceptors (Lipinski definition) is 0. The Morgan fingerprint density at radius 2 is 0.875 bits per heavy atom. The molecule has 40 heavy (non-hydrogen) atoms. The summed E-state index contributed by atoms with van der Waals surface area (Å²) in [6.07, 6.45) is 4.65. The van der Waals surface area contributed by atoms with Crippen molar-refractivity contribution in [3.05, 3.63) is 151 Å². The summed E-state index contributed by atoms with van der Waals surface area (Å²) < 4.78 is 0. The van der Waals surface area contributed by atoms with E-state index in [9.17, 15) is 0 Å². The largest absolute Gasteiger partial charge is 1.00 e. The molecule has 0 saturated carbocycles. The van der Waals surface area contributed by atoms with Crippen LogP contribution in [0.2, 0.25) is 0 Å². The Bertz CT molecular complexity index is 1730. The molecule has 7 aromatic rings. The molecular weight excluding hydrogens is 567 g/mol. The standard InChI is InChI=1S/C38H32P.BrH/c1-4-16-33(17-5-1)39(34-18-6-2-7-19-34,35-20-8-3-9-21-35)28-11-10-13-29-22-23-32-25-24-30-14-12-15-31-26-27-36(29)38(32)37(30)31;/h1-9,12,14-27H,10-11,13,28H2;1H/q+1;/p-1. The minimum absolute atomic E-state index is 0. The van der Waals surface area contributed by atoms with E-state index in [0.717, 1.165) is 6.42 Å². The van der Waals surface area contributed by atoms with Crippen molar-refractivity contribution in [1.29, 1.82) is 0 Å². The van der Waals surface area contributed by atoms with Crippen LogP contribution in [0.15, 0.2) is 146 Å². The van der Waals surface area contributed by atoms with E-state index in [-0.39, 0.29) is 17.0 Å². The van der Waals surface area contributed by atoms with Crippen molar-refractivity contribution in [3.8, 4) is 0 Å². The fraction of sp³-hybridized carbons (Fsp3) is 0.105. The molecule has 2 heteroatoms. The highest BCUT2D eigenvalue weighted by molar-refractivity contribution is 7.95. The van der Waals surface area contributed by atoms with Gasteiger partial charge >= 0.3 is 0 Å². The molecule has 196 valence electrons. The van der Waals surface area contributed by atoms with Gasteiger partial charge in [-0.25, -0.2) is 0 Å². The third kappa shape index (κ3) is 4.62. The van der Waals surface area contributed by atoms with Gasteiger partial charge in [0.05, 0.1) is 6.16 Å². The maximum Gasteiger partial charge on any atom is 0.112 e. The number of unbranched alkanes of at least 4 members (excludes halogenated alkanes) is 1. The highest BCUT2D eigenvalue weighted by Crippen LogP contribution is 2.56. The first-order valence-corrected chi connectivity index (χ1v) is 16.0. The topological polar surface area (TPSA) is 0 Å². The van der Waals surface area contributed by atoms with Crippen molar-refractivity contribution >= 4 is 55.5 Å². The summed E-state index contributed by atoms with van der Waals surface area (Å²) in [5.74, 6) is 0. The highest BCUT2D eigenvalue weighted by Gasteiger charge is 2.44. The van der Waals surface area contributed by atoms with E-state index in [4.69, 9.17) is 0 Å². The van der Waals surface area contributed by atoms with Crippen molar-refractivity contribution in [1.82, 2.24) is 0 Å². The van der Waals surface area contributed by atoms with Gasteiger partial charge in [-0.2, -0.15) is 0 Å². The molecule has 0 nitrogen and oxygen atoms in total. The number of aryl methyl sites for hydroxylation is 1. The van der Waals surface area contributed by atoms with Gasteiger partial charge in [0.2, 0.25) is 0 Å². The predicted octanol–water partition coefficient (Wildman–Crippen LogP) is 5.90. The Morgan fingerprint density at radius 1 is 0.400 bits per heavy atom. The van der Waals surface area contributed by atoms with E-state index < -0.39 is 7.26 Å². The van der Waals surface area contributed by atoms with E-state index >= 15 is 0 Å². The first-order valence-electron chi connectivity index (χ1n) is 14.0. The molecule has 0 aliphatic carbocycles. The summed E-state index contributed by atoms with van der Waals surface area (Å²) in [6, 6.07) is 54.4. The van der Waals surface area contributed by atoms with Crippen LogP contribution in [0, 0.1) is 0 Å². The first-order chi connectivity index (χ1) is 19.3. The van der Waals surface area contributed by atoms with E-state index in [1.165, 1.54) is 72.8 Å². The average molecular weight is 600 g/mol. The molecule has 0 fully saturated rings. The van der Waals surface area contributed by atoms with Crippen LogP contribution in [0.4, 0.5) is 0 Å². The van der Waals surface area contributed by atoms with E-state index in [2.05, 4.69) is 146 Å². The number of hydrogen-bond donors (Lipinski definition) is 0. The molecule has 0 aliphatic rings. The molecule has 0 atom stereocenters. The molecule has 0 heterocycles.